The fraction of sp³-hybridized carbons (Fsp3) is 0.667. The van der Waals surface area contributed by atoms with E-state index in [9.17, 15) is 4.79 Å². The molecule has 2 N–H and O–H groups in total. The number of nitrogens with two attached hydrogens (primary N) is 1. The van der Waals surface area contributed by atoms with Crippen LogP contribution >= 0.6 is 0 Å². The number of amidine groups is 1. The van der Waals surface area contributed by atoms with E-state index in [4.69, 9.17) is 11.0 Å². The van der Waals surface area contributed by atoms with E-state index in [1.807, 2.05) is 19.9 Å². The first-order valence-electron chi connectivity index (χ1n) is 4.38. The molecular formula is C9H13N3O. The zero-order valence-electron chi connectivity index (χ0n) is 7.82. The minimum absolute atomic E-state index is 0.144. The van der Waals surface area contributed by atoms with E-state index in [-0.39, 0.29) is 17.5 Å². The fourth-order valence-electron chi connectivity index (χ4n) is 1.38. The number of carbonyl (C=O) groups is 1. The number of carbonyl (C=O) groups excluding carboxylic acids is 1. The van der Waals surface area contributed by atoms with Crippen LogP contribution in [0.2, 0.25) is 0 Å². The summed E-state index contributed by atoms with van der Waals surface area (Å²) in [7, 11) is 0. The van der Waals surface area contributed by atoms with Gasteiger partial charge in [0.15, 0.2) is 11.7 Å². The average Bonchev–Trinajstić information content (AvgIpc) is 2.40. The molecule has 4 heteroatoms. The van der Waals surface area contributed by atoms with E-state index >= 15 is 0 Å². The molecule has 0 fully saturated rings. The minimum atomic E-state index is -0.806. The molecule has 1 aliphatic rings. The van der Waals surface area contributed by atoms with Crippen molar-refractivity contribution in [3.63, 3.8) is 0 Å². The van der Waals surface area contributed by atoms with Gasteiger partial charge in [-0.25, -0.2) is 0 Å². The van der Waals surface area contributed by atoms with Crippen LogP contribution < -0.4 is 5.73 Å². The number of hydrogen-bond donors (Lipinski definition) is 1. The van der Waals surface area contributed by atoms with Crippen molar-refractivity contribution in [2.75, 3.05) is 0 Å². The van der Waals surface area contributed by atoms with Gasteiger partial charge < -0.3 is 5.73 Å². The first-order chi connectivity index (χ1) is 6.11. The quantitative estimate of drug-likeness (QED) is 0.669. The smallest absolute Gasteiger partial charge is 0.182 e. The van der Waals surface area contributed by atoms with Crippen LogP contribution in [-0.4, -0.2) is 17.7 Å². The molecule has 1 heterocycles. The summed E-state index contributed by atoms with van der Waals surface area (Å²) in [6.45, 7) is 3.93. The number of aliphatic imine (C=N–C) groups is 1. The summed E-state index contributed by atoms with van der Waals surface area (Å²) < 4.78 is 0. The molecule has 0 amide bonds. The summed E-state index contributed by atoms with van der Waals surface area (Å²) in [5.74, 6) is -0.601. The lowest BCUT2D eigenvalue weighted by Crippen LogP contribution is -2.28. The van der Waals surface area contributed by atoms with Crippen LogP contribution in [-0.2, 0) is 4.79 Å². The highest BCUT2D eigenvalue weighted by atomic mass is 16.1. The number of nitrogens with zero attached hydrogens (tertiary/aromatic N) is 2. The number of Topliss-reactive ketones (excluding diaryl/α,β-unsaturated/α-hetero) is 1. The fourth-order valence-corrected chi connectivity index (χ4v) is 1.38. The summed E-state index contributed by atoms with van der Waals surface area (Å²) in [6.07, 6.45) is 0.866. The molecule has 0 aromatic rings. The Hall–Kier alpha value is -1.37. The van der Waals surface area contributed by atoms with Gasteiger partial charge in [0.05, 0.1) is 6.07 Å². The van der Waals surface area contributed by atoms with Gasteiger partial charge in [0.1, 0.15) is 11.9 Å². The van der Waals surface area contributed by atoms with Crippen LogP contribution in [0.5, 0.6) is 0 Å². The van der Waals surface area contributed by atoms with Crippen LogP contribution in [0.15, 0.2) is 4.99 Å². The summed E-state index contributed by atoms with van der Waals surface area (Å²) in [4.78, 5) is 15.5. The molecule has 1 aliphatic heterocycles. The van der Waals surface area contributed by atoms with E-state index < -0.39 is 12.0 Å². The molecule has 0 aliphatic carbocycles. The van der Waals surface area contributed by atoms with Crippen molar-refractivity contribution in [3.05, 3.63) is 0 Å². The van der Waals surface area contributed by atoms with Gasteiger partial charge in [-0.3, -0.25) is 9.79 Å². The third-order valence-corrected chi connectivity index (χ3v) is 2.47. The third-order valence-electron chi connectivity index (χ3n) is 2.47. The molecule has 0 radical (unpaired) electrons. The molecule has 70 valence electrons. The van der Waals surface area contributed by atoms with Crippen molar-refractivity contribution in [2.24, 2.45) is 22.6 Å². The first kappa shape index (κ1) is 9.72. The topological polar surface area (TPSA) is 79.2 Å². The Balaban J connectivity index is 2.85. The average molecular weight is 179 g/mol. The largest absolute Gasteiger partial charge is 0.386 e. The van der Waals surface area contributed by atoms with Crippen LogP contribution in [0.1, 0.15) is 20.3 Å². The van der Waals surface area contributed by atoms with Gasteiger partial charge in [-0.1, -0.05) is 20.3 Å². The van der Waals surface area contributed by atoms with E-state index in [2.05, 4.69) is 4.99 Å². The van der Waals surface area contributed by atoms with E-state index in [1.54, 1.807) is 0 Å². The molecule has 1 rings (SSSR count). The normalized spacial score (nSPS) is 29.6. The lowest BCUT2D eigenvalue weighted by molar-refractivity contribution is -0.121. The van der Waals surface area contributed by atoms with Crippen molar-refractivity contribution in [2.45, 2.75) is 26.3 Å². The highest BCUT2D eigenvalue weighted by Crippen LogP contribution is 2.22. The molecule has 3 unspecified atom stereocenters. The molecular weight excluding hydrogens is 166 g/mol. The van der Waals surface area contributed by atoms with Gasteiger partial charge in [-0.15, -0.1) is 0 Å². The highest BCUT2D eigenvalue weighted by Gasteiger charge is 2.38. The SMILES string of the molecule is CCC(C)C1N=C(N)C(C#N)C1=O. The van der Waals surface area contributed by atoms with E-state index in [1.165, 1.54) is 0 Å². The molecule has 0 aromatic heterocycles. The summed E-state index contributed by atoms with van der Waals surface area (Å²) in [5, 5.41) is 8.65. The molecule has 0 aromatic carbocycles. The predicted molar refractivity (Wildman–Crippen MR) is 49.0 cm³/mol. The van der Waals surface area contributed by atoms with E-state index in [0.29, 0.717) is 0 Å². The molecule has 0 spiro atoms. The number of ketones is 1. The van der Waals surface area contributed by atoms with Crippen molar-refractivity contribution < 1.29 is 4.79 Å². The maximum atomic E-state index is 11.5. The lowest BCUT2D eigenvalue weighted by atomic mass is 9.93. The van der Waals surface area contributed by atoms with Gasteiger partial charge in [-0.05, 0) is 5.92 Å². The van der Waals surface area contributed by atoms with Gasteiger partial charge in [0.2, 0.25) is 0 Å². The predicted octanol–water partition coefficient (Wildman–Crippen LogP) is 0.481. The Bertz CT molecular complexity index is 290. The maximum absolute atomic E-state index is 11.5. The van der Waals surface area contributed by atoms with Crippen LogP contribution in [0.3, 0.4) is 0 Å². The monoisotopic (exact) mass is 179 g/mol. The summed E-state index contributed by atoms with van der Waals surface area (Å²) in [5.41, 5.74) is 5.47. The zero-order valence-corrected chi connectivity index (χ0v) is 7.82. The maximum Gasteiger partial charge on any atom is 0.182 e. The molecule has 0 saturated carbocycles. The highest BCUT2D eigenvalue weighted by molar-refractivity contribution is 6.12. The van der Waals surface area contributed by atoms with Crippen molar-refractivity contribution in [1.29, 1.82) is 5.26 Å². The van der Waals surface area contributed by atoms with Crippen LogP contribution in [0.4, 0.5) is 0 Å². The summed E-state index contributed by atoms with van der Waals surface area (Å²) in [6, 6.07) is 1.47. The second kappa shape index (κ2) is 3.56. The zero-order chi connectivity index (χ0) is 10.0. The molecule has 4 nitrogen and oxygen atoms in total. The van der Waals surface area contributed by atoms with Gasteiger partial charge in [-0.2, -0.15) is 5.26 Å². The Kier molecular flexibility index (Phi) is 2.66. The van der Waals surface area contributed by atoms with E-state index in [0.717, 1.165) is 6.42 Å². The minimum Gasteiger partial charge on any atom is -0.386 e. The molecule has 13 heavy (non-hydrogen) atoms. The number of nitriles is 1. The first-order valence-corrected chi connectivity index (χ1v) is 4.38. The van der Waals surface area contributed by atoms with Crippen molar-refractivity contribution >= 4 is 11.6 Å². The second-order valence-electron chi connectivity index (χ2n) is 3.35. The standard InChI is InChI=1S/C9H13N3O/c1-3-5(2)7-8(13)6(4-10)9(11)12-7/h5-7H,3H2,1-2H3,(H2,11,12). The Morgan fingerprint density at radius 1 is 1.77 bits per heavy atom. The van der Waals surface area contributed by atoms with Gasteiger partial charge >= 0.3 is 0 Å². The molecule has 0 bridgehead atoms. The van der Waals surface area contributed by atoms with Crippen LogP contribution in [0.25, 0.3) is 0 Å². The Labute approximate surface area is 77.4 Å². The number of hydrogen-bond acceptors (Lipinski definition) is 4. The van der Waals surface area contributed by atoms with Crippen LogP contribution in [0, 0.1) is 23.2 Å². The molecule has 3 atom stereocenters. The Morgan fingerprint density at radius 2 is 2.38 bits per heavy atom. The Morgan fingerprint density at radius 3 is 2.77 bits per heavy atom. The summed E-state index contributed by atoms with van der Waals surface area (Å²) >= 11 is 0. The van der Waals surface area contributed by atoms with Gasteiger partial charge in [0.25, 0.3) is 0 Å². The van der Waals surface area contributed by atoms with Crippen molar-refractivity contribution in [3.8, 4) is 6.07 Å². The number of rotatable bonds is 2. The third kappa shape index (κ3) is 1.55. The second-order valence-corrected chi connectivity index (χ2v) is 3.35. The lowest BCUT2D eigenvalue weighted by Gasteiger charge is -2.12. The van der Waals surface area contributed by atoms with Gasteiger partial charge in [0, 0.05) is 0 Å². The molecule has 0 saturated heterocycles. The van der Waals surface area contributed by atoms with Crippen molar-refractivity contribution in [1.82, 2.24) is 0 Å².